The van der Waals surface area contributed by atoms with E-state index in [9.17, 15) is 0 Å². The van der Waals surface area contributed by atoms with Crippen LogP contribution >= 0.6 is 11.3 Å². The Morgan fingerprint density at radius 3 is 2.64 bits per heavy atom. The second-order valence-corrected chi connectivity index (χ2v) is 7.40. The molecule has 0 amide bonds. The van der Waals surface area contributed by atoms with Crippen LogP contribution in [-0.4, -0.2) is 49.6 Å². The summed E-state index contributed by atoms with van der Waals surface area (Å²) >= 11 is 1.82. The molecule has 0 radical (unpaired) electrons. The molecular weight excluding hydrogens is 292 g/mol. The molecule has 1 fully saturated rings. The van der Waals surface area contributed by atoms with Gasteiger partial charge in [-0.05, 0) is 38.1 Å². The Morgan fingerprint density at radius 2 is 2.09 bits per heavy atom. The monoisotopic (exact) mass is 322 g/mol. The van der Waals surface area contributed by atoms with Crippen molar-refractivity contribution in [2.75, 3.05) is 26.7 Å². The largest absolute Gasteiger partial charge is 0.356 e. The molecule has 2 heterocycles. The van der Waals surface area contributed by atoms with Crippen molar-refractivity contribution in [3.8, 4) is 0 Å². The molecule has 1 aliphatic rings. The molecule has 0 aliphatic carbocycles. The van der Waals surface area contributed by atoms with Crippen molar-refractivity contribution in [2.24, 2.45) is 4.99 Å². The van der Waals surface area contributed by atoms with E-state index in [1.54, 1.807) is 0 Å². The standard InChI is InChI=1S/C17H30N4S/c1-13(2)21-9-7-15(8-10-21)20-17(18-4)19-12-14(3)16-6-5-11-22-16/h5-6,11,13-15H,7-10,12H2,1-4H3,(H2,18,19,20). The van der Waals surface area contributed by atoms with Gasteiger partial charge in [0.2, 0.25) is 0 Å². The lowest BCUT2D eigenvalue weighted by Crippen LogP contribution is -2.50. The maximum Gasteiger partial charge on any atom is 0.191 e. The number of piperidine rings is 1. The molecule has 0 saturated carbocycles. The van der Waals surface area contributed by atoms with Crippen LogP contribution in [0.5, 0.6) is 0 Å². The van der Waals surface area contributed by atoms with E-state index in [4.69, 9.17) is 0 Å². The van der Waals surface area contributed by atoms with Gasteiger partial charge in [-0.15, -0.1) is 11.3 Å². The highest BCUT2D eigenvalue weighted by Gasteiger charge is 2.21. The predicted octanol–water partition coefficient (Wildman–Crippen LogP) is 2.89. The lowest BCUT2D eigenvalue weighted by Gasteiger charge is -2.35. The smallest absolute Gasteiger partial charge is 0.191 e. The topological polar surface area (TPSA) is 39.7 Å². The van der Waals surface area contributed by atoms with E-state index in [-0.39, 0.29) is 0 Å². The van der Waals surface area contributed by atoms with Crippen LogP contribution in [0.15, 0.2) is 22.5 Å². The number of rotatable bonds is 5. The van der Waals surface area contributed by atoms with Gasteiger partial charge in [-0.1, -0.05) is 13.0 Å². The van der Waals surface area contributed by atoms with Gasteiger partial charge >= 0.3 is 0 Å². The minimum absolute atomic E-state index is 0.515. The van der Waals surface area contributed by atoms with Crippen LogP contribution in [0.4, 0.5) is 0 Å². The third-order valence-electron chi connectivity index (χ3n) is 4.43. The van der Waals surface area contributed by atoms with E-state index >= 15 is 0 Å². The Bertz CT molecular complexity index is 447. The van der Waals surface area contributed by atoms with E-state index in [0.29, 0.717) is 18.0 Å². The molecule has 5 heteroatoms. The van der Waals surface area contributed by atoms with Gasteiger partial charge in [-0.2, -0.15) is 0 Å². The molecule has 124 valence electrons. The summed E-state index contributed by atoms with van der Waals surface area (Å²) in [6.45, 7) is 10.1. The first-order valence-electron chi connectivity index (χ1n) is 8.34. The van der Waals surface area contributed by atoms with Gasteiger partial charge in [-0.25, -0.2) is 0 Å². The molecular formula is C17H30N4S. The first-order chi connectivity index (χ1) is 10.6. The number of aliphatic imine (C=N–C) groups is 1. The van der Waals surface area contributed by atoms with E-state index in [1.165, 1.54) is 30.8 Å². The fraction of sp³-hybridized carbons (Fsp3) is 0.706. The summed E-state index contributed by atoms with van der Waals surface area (Å²) in [5, 5.41) is 9.19. The summed E-state index contributed by atoms with van der Waals surface area (Å²) in [6, 6.07) is 5.52. The van der Waals surface area contributed by atoms with Gasteiger partial charge in [0.25, 0.3) is 0 Å². The highest BCUT2D eigenvalue weighted by atomic mass is 32.1. The lowest BCUT2D eigenvalue weighted by atomic mass is 10.0. The highest BCUT2D eigenvalue weighted by molar-refractivity contribution is 7.10. The zero-order chi connectivity index (χ0) is 15.9. The molecule has 4 nitrogen and oxygen atoms in total. The van der Waals surface area contributed by atoms with Crippen molar-refractivity contribution in [3.63, 3.8) is 0 Å². The minimum atomic E-state index is 0.515. The number of likely N-dealkylation sites (tertiary alicyclic amines) is 1. The Labute approximate surface area is 139 Å². The number of hydrogen-bond acceptors (Lipinski definition) is 3. The summed E-state index contributed by atoms with van der Waals surface area (Å²) < 4.78 is 0. The number of thiophene rings is 1. The lowest BCUT2D eigenvalue weighted by molar-refractivity contribution is 0.167. The molecule has 0 spiro atoms. The Balaban J connectivity index is 1.74. The van der Waals surface area contributed by atoms with Gasteiger partial charge < -0.3 is 15.5 Å². The normalized spacial score (nSPS) is 19.4. The van der Waals surface area contributed by atoms with Crippen molar-refractivity contribution in [2.45, 2.75) is 51.6 Å². The quantitative estimate of drug-likeness (QED) is 0.647. The number of hydrogen-bond donors (Lipinski definition) is 2. The maximum absolute atomic E-state index is 4.37. The summed E-state index contributed by atoms with van der Waals surface area (Å²) in [6.07, 6.45) is 2.39. The first-order valence-corrected chi connectivity index (χ1v) is 9.22. The van der Waals surface area contributed by atoms with Gasteiger partial charge in [0.1, 0.15) is 0 Å². The van der Waals surface area contributed by atoms with Crippen molar-refractivity contribution in [1.82, 2.24) is 15.5 Å². The molecule has 1 aromatic heterocycles. The Hall–Kier alpha value is -1.07. The number of nitrogens with zero attached hydrogens (tertiary/aromatic N) is 2. The van der Waals surface area contributed by atoms with Crippen LogP contribution in [0.3, 0.4) is 0 Å². The zero-order valence-corrected chi connectivity index (χ0v) is 15.1. The fourth-order valence-corrected chi connectivity index (χ4v) is 3.66. The summed E-state index contributed by atoms with van der Waals surface area (Å²) in [7, 11) is 1.86. The molecule has 2 N–H and O–H groups in total. The molecule has 1 atom stereocenters. The van der Waals surface area contributed by atoms with Gasteiger partial charge in [0.05, 0.1) is 0 Å². The number of guanidine groups is 1. The SMILES string of the molecule is CN=C(NCC(C)c1cccs1)NC1CCN(C(C)C)CC1. The van der Waals surface area contributed by atoms with Crippen molar-refractivity contribution in [1.29, 1.82) is 0 Å². The highest BCUT2D eigenvalue weighted by Crippen LogP contribution is 2.19. The van der Waals surface area contributed by atoms with E-state index in [1.807, 2.05) is 18.4 Å². The van der Waals surface area contributed by atoms with Crippen molar-refractivity contribution < 1.29 is 0 Å². The van der Waals surface area contributed by atoms with E-state index in [2.05, 4.69) is 58.8 Å². The summed E-state index contributed by atoms with van der Waals surface area (Å²) in [5.41, 5.74) is 0. The average molecular weight is 323 g/mol. The van der Waals surface area contributed by atoms with Crippen LogP contribution < -0.4 is 10.6 Å². The summed E-state index contributed by atoms with van der Waals surface area (Å²) in [5.74, 6) is 1.45. The van der Waals surface area contributed by atoms with Crippen LogP contribution in [0.25, 0.3) is 0 Å². The first kappa shape index (κ1) is 17.3. The van der Waals surface area contributed by atoms with Gasteiger partial charge in [0.15, 0.2) is 5.96 Å². The Kier molecular flexibility index (Phi) is 6.70. The maximum atomic E-state index is 4.37. The molecule has 0 aromatic carbocycles. The Morgan fingerprint density at radius 1 is 1.36 bits per heavy atom. The molecule has 1 aromatic rings. The minimum Gasteiger partial charge on any atom is -0.356 e. The molecule has 22 heavy (non-hydrogen) atoms. The molecule has 1 saturated heterocycles. The van der Waals surface area contributed by atoms with Crippen LogP contribution in [0.1, 0.15) is 44.4 Å². The van der Waals surface area contributed by atoms with Gasteiger partial charge in [0, 0.05) is 49.6 Å². The number of nitrogens with one attached hydrogen (secondary N) is 2. The van der Waals surface area contributed by atoms with Crippen molar-refractivity contribution in [3.05, 3.63) is 22.4 Å². The van der Waals surface area contributed by atoms with E-state index < -0.39 is 0 Å². The fourth-order valence-electron chi connectivity index (χ4n) is 2.87. The van der Waals surface area contributed by atoms with Crippen molar-refractivity contribution >= 4 is 17.3 Å². The second-order valence-electron chi connectivity index (χ2n) is 6.42. The van der Waals surface area contributed by atoms with Crippen LogP contribution in [-0.2, 0) is 0 Å². The van der Waals surface area contributed by atoms with Gasteiger partial charge in [-0.3, -0.25) is 4.99 Å². The van der Waals surface area contributed by atoms with Crippen LogP contribution in [0, 0.1) is 0 Å². The molecule has 0 bridgehead atoms. The molecule has 2 rings (SSSR count). The average Bonchev–Trinajstić information content (AvgIpc) is 3.06. The zero-order valence-electron chi connectivity index (χ0n) is 14.3. The second kappa shape index (κ2) is 8.53. The van der Waals surface area contributed by atoms with E-state index in [0.717, 1.165) is 12.5 Å². The van der Waals surface area contributed by atoms with Crippen LogP contribution in [0.2, 0.25) is 0 Å². The molecule has 1 unspecified atom stereocenters. The third kappa shape index (κ3) is 4.99. The summed E-state index contributed by atoms with van der Waals surface area (Å²) in [4.78, 5) is 8.35. The molecule has 1 aliphatic heterocycles. The third-order valence-corrected chi connectivity index (χ3v) is 5.53. The predicted molar refractivity (Wildman–Crippen MR) is 97.0 cm³/mol.